The highest BCUT2D eigenvalue weighted by molar-refractivity contribution is 5.92. The summed E-state index contributed by atoms with van der Waals surface area (Å²) in [5.74, 6) is 0.274. The van der Waals surface area contributed by atoms with Gasteiger partial charge in [-0.1, -0.05) is 20.8 Å². The highest BCUT2D eigenvalue weighted by Gasteiger charge is 2.34. The maximum Gasteiger partial charge on any atom is 0.335 e. The number of fused-ring (bicyclic) bond motifs is 2. The van der Waals surface area contributed by atoms with Gasteiger partial charge in [0.25, 0.3) is 0 Å². The molecule has 4 aromatic rings. The maximum atomic E-state index is 14.1. The summed E-state index contributed by atoms with van der Waals surface area (Å²) in [6, 6.07) is 10.3. The molecule has 1 aliphatic carbocycles. The molecule has 172 valence electrons. The van der Waals surface area contributed by atoms with Crippen LogP contribution in [0, 0.1) is 24.1 Å². The molecule has 0 spiro atoms. The van der Waals surface area contributed by atoms with Crippen molar-refractivity contribution in [2.24, 2.45) is 11.3 Å². The van der Waals surface area contributed by atoms with Gasteiger partial charge in [-0.2, -0.15) is 0 Å². The highest BCUT2D eigenvalue weighted by atomic mass is 19.1. The molecule has 2 aromatic carbocycles. The van der Waals surface area contributed by atoms with Gasteiger partial charge in [-0.3, -0.25) is 0 Å². The molecule has 0 amide bonds. The Labute approximate surface area is 192 Å². The van der Waals surface area contributed by atoms with Gasteiger partial charge < -0.3 is 14.7 Å². The Balaban J connectivity index is 1.68. The third-order valence-corrected chi connectivity index (χ3v) is 7.15. The summed E-state index contributed by atoms with van der Waals surface area (Å²) in [5, 5.41) is 10.4. The number of imidazole rings is 1. The standard InChI is InChI=1S/C27H30FN3O2/c1-15-9-19(14-27(3,4)13-15)31-24-8-5-17(26(32)33)10-23(24)30-25(31)12-20-16(2)29-22-7-6-18(28)11-21(20)22/h5-8,10-11,15,19,29H,9,12-14H2,1-4H3,(H,32,33)/t15-,19?/m0/s1. The Kier molecular flexibility index (Phi) is 5.07. The van der Waals surface area contributed by atoms with E-state index >= 15 is 0 Å². The third kappa shape index (κ3) is 3.92. The molecule has 0 saturated heterocycles. The summed E-state index contributed by atoms with van der Waals surface area (Å²) in [6.45, 7) is 8.96. The molecule has 1 aliphatic rings. The van der Waals surface area contributed by atoms with Crippen molar-refractivity contribution in [1.29, 1.82) is 0 Å². The molecule has 2 atom stereocenters. The number of halogens is 1. The number of hydrogen-bond donors (Lipinski definition) is 2. The molecular formula is C27H30FN3O2. The van der Waals surface area contributed by atoms with E-state index in [0.717, 1.165) is 46.3 Å². The molecule has 33 heavy (non-hydrogen) atoms. The fraction of sp³-hybridized carbons (Fsp3) is 0.407. The van der Waals surface area contributed by atoms with Gasteiger partial charge in [0.15, 0.2) is 0 Å². The average Bonchev–Trinajstić information content (AvgIpc) is 3.23. The average molecular weight is 448 g/mol. The lowest BCUT2D eigenvalue weighted by atomic mass is 9.70. The zero-order valence-corrected chi connectivity index (χ0v) is 19.6. The second-order valence-corrected chi connectivity index (χ2v) is 10.6. The number of H-pyrrole nitrogens is 1. The van der Waals surface area contributed by atoms with E-state index in [4.69, 9.17) is 4.98 Å². The Morgan fingerprint density at radius 1 is 1.24 bits per heavy atom. The van der Waals surface area contributed by atoms with Gasteiger partial charge in [-0.05, 0) is 79.5 Å². The van der Waals surface area contributed by atoms with Crippen LogP contribution in [0.2, 0.25) is 0 Å². The van der Waals surface area contributed by atoms with Crippen LogP contribution in [0.25, 0.3) is 21.9 Å². The van der Waals surface area contributed by atoms with Gasteiger partial charge in [0.2, 0.25) is 0 Å². The molecule has 0 bridgehead atoms. The molecule has 5 rings (SSSR count). The summed E-state index contributed by atoms with van der Waals surface area (Å²) < 4.78 is 16.4. The first-order chi connectivity index (χ1) is 15.6. The Hall–Kier alpha value is -3.15. The molecule has 0 aliphatic heterocycles. The Bertz CT molecular complexity index is 1380. The van der Waals surface area contributed by atoms with Crippen LogP contribution in [0.4, 0.5) is 4.39 Å². The molecular weight excluding hydrogens is 417 g/mol. The first-order valence-electron chi connectivity index (χ1n) is 11.6. The summed E-state index contributed by atoms with van der Waals surface area (Å²) >= 11 is 0. The molecule has 1 unspecified atom stereocenters. The quantitative estimate of drug-likeness (QED) is 0.368. The van der Waals surface area contributed by atoms with Crippen LogP contribution in [-0.2, 0) is 6.42 Å². The minimum atomic E-state index is -0.955. The molecule has 0 radical (unpaired) electrons. The molecule has 2 N–H and O–H groups in total. The smallest absolute Gasteiger partial charge is 0.335 e. The predicted molar refractivity (Wildman–Crippen MR) is 128 cm³/mol. The monoisotopic (exact) mass is 447 g/mol. The number of rotatable bonds is 4. The molecule has 1 saturated carbocycles. The number of carboxylic acid groups (broad SMARTS) is 1. The Morgan fingerprint density at radius 2 is 2.03 bits per heavy atom. The van der Waals surface area contributed by atoms with E-state index in [1.54, 1.807) is 24.3 Å². The van der Waals surface area contributed by atoms with Crippen LogP contribution >= 0.6 is 0 Å². The SMILES string of the molecule is Cc1[nH]c2ccc(F)cc2c1Cc1nc2cc(C(=O)O)ccc2n1C1C[C@H](C)CC(C)(C)C1. The molecule has 2 heterocycles. The number of nitrogens with one attached hydrogen (secondary N) is 1. The topological polar surface area (TPSA) is 70.9 Å². The zero-order chi connectivity index (χ0) is 23.5. The number of carbonyl (C=O) groups is 1. The number of aromatic nitrogens is 3. The maximum absolute atomic E-state index is 14.1. The second-order valence-electron chi connectivity index (χ2n) is 10.6. The van der Waals surface area contributed by atoms with Gasteiger partial charge in [0.1, 0.15) is 11.6 Å². The number of benzene rings is 2. The van der Waals surface area contributed by atoms with Gasteiger partial charge in [0, 0.05) is 29.1 Å². The van der Waals surface area contributed by atoms with E-state index < -0.39 is 5.97 Å². The third-order valence-electron chi connectivity index (χ3n) is 7.15. The largest absolute Gasteiger partial charge is 0.478 e. The summed E-state index contributed by atoms with van der Waals surface area (Å²) in [6.07, 6.45) is 3.84. The number of nitrogens with zero attached hydrogens (tertiary/aromatic N) is 2. The van der Waals surface area contributed by atoms with Crippen molar-refractivity contribution in [3.63, 3.8) is 0 Å². The predicted octanol–water partition coefficient (Wildman–Crippen LogP) is 6.64. The van der Waals surface area contributed by atoms with E-state index in [2.05, 4.69) is 30.3 Å². The number of aromatic carboxylic acids is 1. The van der Waals surface area contributed by atoms with Crippen molar-refractivity contribution in [3.05, 3.63) is 64.9 Å². The lowest BCUT2D eigenvalue weighted by Gasteiger charge is -2.40. The van der Waals surface area contributed by atoms with Crippen molar-refractivity contribution in [1.82, 2.24) is 14.5 Å². The first kappa shape index (κ1) is 21.7. The number of hydrogen-bond acceptors (Lipinski definition) is 2. The van der Waals surface area contributed by atoms with Crippen LogP contribution in [0.3, 0.4) is 0 Å². The number of aryl methyl sites for hydroxylation is 1. The van der Waals surface area contributed by atoms with Crippen molar-refractivity contribution in [3.8, 4) is 0 Å². The molecule has 2 aromatic heterocycles. The lowest BCUT2D eigenvalue weighted by molar-refractivity contribution is 0.0697. The van der Waals surface area contributed by atoms with Gasteiger partial charge in [0.05, 0.1) is 16.6 Å². The van der Waals surface area contributed by atoms with E-state index in [-0.39, 0.29) is 22.8 Å². The van der Waals surface area contributed by atoms with E-state index in [1.165, 1.54) is 12.5 Å². The van der Waals surface area contributed by atoms with E-state index in [9.17, 15) is 14.3 Å². The van der Waals surface area contributed by atoms with Crippen LogP contribution < -0.4 is 0 Å². The van der Waals surface area contributed by atoms with Crippen LogP contribution in [-0.4, -0.2) is 25.6 Å². The van der Waals surface area contributed by atoms with Gasteiger partial charge in [-0.25, -0.2) is 14.2 Å². The summed E-state index contributed by atoms with van der Waals surface area (Å²) in [4.78, 5) is 19.9. The zero-order valence-electron chi connectivity index (χ0n) is 19.6. The van der Waals surface area contributed by atoms with Crippen LogP contribution in [0.1, 0.15) is 73.5 Å². The summed E-state index contributed by atoms with van der Waals surface area (Å²) in [5.41, 5.74) is 5.06. The van der Waals surface area contributed by atoms with Crippen LogP contribution in [0.5, 0.6) is 0 Å². The molecule has 1 fully saturated rings. The van der Waals surface area contributed by atoms with Crippen molar-refractivity contribution in [2.45, 2.75) is 59.4 Å². The normalized spacial score (nSPS) is 20.5. The minimum Gasteiger partial charge on any atom is -0.478 e. The van der Waals surface area contributed by atoms with Gasteiger partial charge in [-0.15, -0.1) is 0 Å². The molecule has 6 heteroatoms. The summed E-state index contributed by atoms with van der Waals surface area (Å²) in [7, 11) is 0. The van der Waals surface area contributed by atoms with Gasteiger partial charge >= 0.3 is 5.97 Å². The first-order valence-corrected chi connectivity index (χ1v) is 11.6. The Morgan fingerprint density at radius 3 is 2.76 bits per heavy atom. The number of aromatic amines is 1. The van der Waals surface area contributed by atoms with E-state index in [0.29, 0.717) is 17.9 Å². The number of carboxylic acids is 1. The lowest BCUT2D eigenvalue weighted by Crippen LogP contribution is -2.30. The molecule has 5 nitrogen and oxygen atoms in total. The minimum absolute atomic E-state index is 0.219. The van der Waals surface area contributed by atoms with Crippen molar-refractivity contribution >= 4 is 27.9 Å². The fourth-order valence-corrected chi connectivity index (χ4v) is 6.05. The van der Waals surface area contributed by atoms with Crippen LogP contribution in [0.15, 0.2) is 36.4 Å². The van der Waals surface area contributed by atoms with E-state index in [1.807, 2.05) is 13.0 Å². The fourth-order valence-electron chi connectivity index (χ4n) is 6.05. The second kappa shape index (κ2) is 7.72. The van der Waals surface area contributed by atoms with Crippen molar-refractivity contribution < 1.29 is 14.3 Å². The van der Waals surface area contributed by atoms with Crippen molar-refractivity contribution in [2.75, 3.05) is 0 Å². The highest BCUT2D eigenvalue weighted by Crippen LogP contribution is 2.45.